The van der Waals surface area contributed by atoms with E-state index in [-0.39, 0.29) is 17.5 Å². The number of aromatic nitrogens is 1. The second kappa shape index (κ2) is 4.55. The molecule has 0 radical (unpaired) electrons. The van der Waals surface area contributed by atoms with Crippen LogP contribution < -0.4 is 4.90 Å². The maximum absolute atomic E-state index is 11.7. The summed E-state index contributed by atoms with van der Waals surface area (Å²) in [5, 5.41) is 2.06. The SMILES string of the molecule is C#CC1CC(=O)N(c2nc(C(=O)OC)cs2)C1. The minimum atomic E-state index is -0.507. The molecule has 1 atom stereocenters. The van der Waals surface area contributed by atoms with Gasteiger partial charge in [-0.1, -0.05) is 0 Å². The Kier molecular flexibility index (Phi) is 3.11. The second-order valence-electron chi connectivity index (χ2n) is 3.58. The third-order valence-corrected chi connectivity index (χ3v) is 3.34. The highest BCUT2D eigenvalue weighted by Gasteiger charge is 2.31. The zero-order valence-electron chi connectivity index (χ0n) is 9.17. The fourth-order valence-electron chi connectivity index (χ4n) is 1.59. The summed E-state index contributed by atoms with van der Waals surface area (Å²) in [6, 6.07) is 0. The fourth-order valence-corrected chi connectivity index (χ4v) is 2.41. The van der Waals surface area contributed by atoms with Crippen LogP contribution in [0.4, 0.5) is 5.13 Å². The summed E-state index contributed by atoms with van der Waals surface area (Å²) in [5.41, 5.74) is 0.212. The van der Waals surface area contributed by atoms with E-state index in [1.807, 2.05) is 0 Å². The third kappa shape index (κ3) is 2.15. The number of thiazole rings is 1. The van der Waals surface area contributed by atoms with Crippen LogP contribution in [0.3, 0.4) is 0 Å². The number of carbonyl (C=O) groups excluding carboxylic acids is 2. The van der Waals surface area contributed by atoms with E-state index in [1.165, 1.54) is 23.3 Å². The molecule has 1 aromatic rings. The molecule has 0 saturated carbocycles. The van der Waals surface area contributed by atoms with Crippen LogP contribution in [-0.2, 0) is 9.53 Å². The first-order valence-electron chi connectivity index (χ1n) is 4.96. The third-order valence-electron chi connectivity index (χ3n) is 2.48. The van der Waals surface area contributed by atoms with Crippen LogP contribution in [0.15, 0.2) is 5.38 Å². The van der Waals surface area contributed by atoms with Gasteiger partial charge in [0.15, 0.2) is 10.8 Å². The number of anilines is 1. The molecular formula is C11H10N2O3S. The largest absolute Gasteiger partial charge is 0.464 e. The molecule has 2 rings (SSSR count). The van der Waals surface area contributed by atoms with E-state index >= 15 is 0 Å². The molecule has 0 spiro atoms. The van der Waals surface area contributed by atoms with Gasteiger partial charge in [0.1, 0.15) is 0 Å². The lowest BCUT2D eigenvalue weighted by Gasteiger charge is -2.10. The maximum Gasteiger partial charge on any atom is 0.357 e. The quantitative estimate of drug-likeness (QED) is 0.578. The Bertz CT molecular complexity index is 503. The van der Waals surface area contributed by atoms with Crippen LogP contribution in [0.2, 0.25) is 0 Å². The number of esters is 1. The molecule has 0 bridgehead atoms. The lowest BCUT2D eigenvalue weighted by Crippen LogP contribution is -2.24. The van der Waals surface area contributed by atoms with Crippen LogP contribution in [0.1, 0.15) is 16.9 Å². The van der Waals surface area contributed by atoms with Crippen LogP contribution in [0.5, 0.6) is 0 Å². The topological polar surface area (TPSA) is 59.5 Å². The van der Waals surface area contributed by atoms with Gasteiger partial charge < -0.3 is 4.74 Å². The molecule has 1 saturated heterocycles. The molecular weight excluding hydrogens is 240 g/mol. The summed E-state index contributed by atoms with van der Waals surface area (Å²) in [7, 11) is 1.29. The zero-order chi connectivity index (χ0) is 12.4. The fraction of sp³-hybridized carbons (Fsp3) is 0.364. The molecule has 0 N–H and O–H groups in total. The number of nitrogens with zero attached hydrogens (tertiary/aromatic N) is 2. The molecule has 1 unspecified atom stereocenters. The molecule has 1 fully saturated rings. The van der Waals surface area contributed by atoms with Crippen molar-refractivity contribution in [3.8, 4) is 12.3 Å². The standard InChI is InChI=1S/C11H10N2O3S/c1-3-7-4-9(14)13(5-7)11-12-8(6-17-11)10(15)16-2/h1,6-7H,4-5H2,2H3. The summed E-state index contributed by atoms with van der Waals surface area (Å²) in [6.45, 7) is 0.462. The zero-order valence-corrected chi connectivity index (χ0v) is 9.99. The Morgan fingerprint density at radius 1 is 1.76 bits per heavy atom. The van der Waals surface area contributed by atoms with E-state index in [0.717, 1.165) is 0 Å². The molecule has 0 aliphatic carbocycles. The smallest absolute Gasteiger partial charge is 0.357 e. The summed E-state index contributed by atoms with van der Waals surface area (Å²) < 4.78 is 4.55. The molecule has 1 aromatic heterocycles. The predicted molar refractivity (Wildman–Crippen MR) is 62.7 cm³/mol. The van der Waals surface area contributed by atoms with Gasteiger partial charge in [-0.3, -0.25) is 9.69 Å². The highest BCUT2D eigenvalue weighted by molar-refractivity contribution is 7.14. The van der Waals surface area contributed by atoms with Gasteiger partial charge in [-0.2, -0.15) is 0 Å². The Balaban J connectivity index is 2.19. The minimum absolute atomic E-state index is 0.0567. The summed E-state index contributed by atoms with van der Waals surface area (Å²) in [5.74, 6) is 1.92. The lowest BCUT2D eigenvalue weighted by atomic mass is 10.1. The van der Waals surface area contributed by atoms with Crippen LogP contribution in [0.25, 0.3) is 0 Å². The van der Waals surface area contributed by atoms with Gasteiger partial charge in [0.05, 0.1) is 7.11 Å². The number of rotatable bonds is 2. The summed E-state index contributed by atoms with van der Waals surface area (Å²) >= 11 is 1.23. The van der Waals surface area contributed by atoms with E-state index in [1.54, 1.807) is 5.38 Å². The number of hydrogen-bond donors (Lipinski definition) is 0. The van der Waals surface area contributed by atoms with Crippen molar-refractivity contribution in [2.24, 2.45) is 5.92 Å². The number of methoxy groups -OCH3 is 1. The van der Waals surface area contributed by atoms with Gasteiger partial charge >= 0.3 is 5.97 Å². The van der Waals surface area contributed by atoms with Gasteiger partial charge in [-0.15, -0.1) is 23.7 Å². The van der Waals surface area contributed by atoms with Crippen molar-refractivity contribution in [3.63, 3.8) is 0 Å². The van der Waals surface area contributed by atoms with E-state index in [2.05, 4.69) is 15.6 Å². The van der Waals surface area contributed by atoms with Gasteiger partial charge in [-0.25, -0.2) is 9.78 Å². The predicted octanol–water partition coefficient (Wildman–Crippen LogP) is 0.916. The second-order valence-corrected chi connectivity index (χ2v) is 4.42. The van der Waals surface area contributed by atoms with Crippen LogP contribution >= 0.6 is 11.3 Å². The van der Waals surface area contributed by atoms with Crippen molar-refractivity contribution in [1.82, 2.24) is 4.98 Å². The number of terminal acetylenes is 1. The first-order valence-corrected chi connectivity index (χ1v) is 5.84. The Morgan fingerprint density at radius 2 is 2.53 bits per heavy atom. The van der Waals surface area contributed by atoms with Crippen molar-refractivity contribution in [3.05, 3.63) is 11.1 Å². The van der Waals surface area contributed by atoms with Gasteiger partial charge in [0.2, 0.25) is 5.91 Å². The first kappa shape index (κ1) is 11.6. The van der Waals surface area contributed by atoms with Gasteiger partial charge in [0.25, 0.3) is 0 Å². The molecule has 6 heteroatoms. The van der Waals surface area contributed by atoms with Crippen LogP contribution in [-0.4, -0.2) is 30.5 Å². The molecule has 1 amide bonds. The van der Waals surface area contributed by atoms with E-state index in [4.69, 9.17) is 6.42 Å². The van der Waals surface area contributed by atoms with E-state index < -0.39 is 5.97 Å². The van der Waals surface area contributed by atoms with Gasteiger partial charge in [0, 0.05) is 24.3 Å². The van der Waals surface area contributed by atoms with Crippen molar-refractivity contribution >= 4 is 28.3 Å². The molecule has 1 aliphatic heterocycles. The normalized spacial score (nSPS) is 19.2. The van der Waals surface area contributed by atoms with Crippen molar-refractivity contribution in [2.75, 3.05) is 18.6 Å². The number of amides is 1. The van der Waals surface area contributed by atoms with E-state index in [0.29, 0.717) is 18.1 Å². The Morgan fingerprint density at radius 3 is 3.12 bits per heavy atom. The van der Waals surface area contributed by atoms with Crippen molar-refractivity contribution < 1.29 is 14.3 Å². The molecule has 0 aromatic carbocycles. The van der Waals surface area contributed by atoms with Crippen molar-refractivity contribution in [1.29, 1.82) is 0 Å². The maximum atomic E-state index is 11.7. The minimum Gasteiger partial charge on any atom is -0.464 e. The number of carbonyl (C=O) groups is 2. The molecule has 5 nitrogen and oxygen atoms in total. The summed E-state index contributed by atoms with van der Waals surface area (Å²) in [6.07, 6.45) is 5.63. The highest BCUT2D eigenvalue weighted by atomic mass is 32.1. The first-order chi connectivity index (χ1) is 8.15. The lowest BCUT2D eigenvalue weighted by molar-refractivity contribution is -0.117. The Hall–Kier alpha value is -1.87. The Labute approximate surface area is 102 Å². The monoisotopic (exact) mass is 250 g/mol. The molecule has 1 aliphatic rings. The molecule has 17 heavy (non-hydrogen) atoms. The van der Waals surface area contributed by atoms with Gasteiger partial charge in [-0.05, 0) is 0 Å². The average molecular weight is 250 g/mol. The van der Waals surface area contributed by atoms with E-state index in [9.17, 15) is 9.59 Å². The van der Waals surface area contributed by atoms with Crippen LogP contribution in [0, 0.1) is 18.3 Å². The average Bonchev–Trinajstić information content (AvgIpc) is 2.94. The summed E-state index contributed by atoms with van der Waals surface area (Å²) in [4.78, 5) is 28.5. The highest BCUT2D eigenvalue weighted by Crippen LogP contribution is 2.27. The molecule has 2 heterocycles. The van der Waals surface area contributed by atoms with Crippen molar-refractivity contribution in [2.45, 2.75) is 6.42 Å². The molecule has 88 valence electrons. The number of hydrogen-bond acceptors (Lipinski definition) is 5. The number of ether oxygens (including phenoxy) is 1.